The van der Waals surface area contributed by atoms with Crippen LogP contribution in [0.4, 0.5) is 5.95 Å². The van der Waals surface area contributed by atoms with Gasteiger partial charge in [-0.2, -0.15) is 0 Å². The summed E-state index contributed by atoms with van der Waals surface area (Å²) in [4.78, 5) is 2.23. The Bertz CT molecular complexity index is 929. The van der Waals surface area contributed by atoms with Crippen molar-refractivity contribution in [2.45, 2.75) is 17.5 Å². The number of hydrogen-bond acceptors (Lipinski definition) is 5. The summed E-state index contributed by atoms with van der Waals surface area (Å²) in [5.41, 5.74) is 2.24. The van der Waals surface area contributed by atoms with Crippen molar-refractivity contribution in [3.8, 4) is 0 Å². The Kier molecular flexibility index (Phi) is 6.42. The highest BCUT2D eigenvalue weighted by atomic mass is 35.5. The Hall–Kier alpha value is -1.73. The highest BCUT2D eigenvalue weighted by molar-refractivity contribution is 7.98. The molecule has 1 aromatic heterocycles. The zero-order valence-corrected chi connectivity index (χ0v) is 17.6. The number of halogens is 2. The van der Waals surface area contributed by atoms with Crippen molar-refractivity contribution in [2.24, 2.45) is 0 Å². The third kappa shape index (κ3) is 4.63. The molecular weight excluding hydrogens is 415 g/mol. The van der Waals surface area contributed by atoms with Gasteiger partial charge in [0.25, 0.3) is 0 Å². The van der Waals surface area contributed by atoms with Gasteiger partial charge in [0.15, 0.2) is 5.16 Å². The fraction of sp³-hybridized carbons (Fsp3) is 0.300. The van der Waals surface area contributed by atoms with Crippen LogP contribution in [0.1, 0.15) is 11.1 Å². The molecule has 146 valence electrons. The highest BCUT2D eigenvalue weighted by Crippen LogP contribution is 2.30. The minimum atomic E-state index is 0.639. The topological polar surface area (TPSA) is 43.2 Å². The molecule has 0 aliphatic carbocycles. The second-order valence-corrected chi connectivity index (χ2v) is 8.26. The first-order valence-electron chi connectivity index (χ1n) is 9.07. The van der Waals surface area contributed by atoms with Crippen molar-refractivity contribution < 1.29 is 4.74 Å². The molecule has 0 radical (unpaired) electrons. The maximum atomic E-state index is 6.33. The molecule has 2 aromatic carbocycles. The zero-order valence-electron chi connectivity index (χ0n) is 15.2. The average molecular weight is 435 g/mol. The second kappa shape index (κ2) is 9.18. The van der Waals surface area contributed by atoms with Gasteiger partial charge in [0, 0.05) is 28.9 Å². The van der Waals surface area contributed by atoms with E-state index in [0.29, 0.717) is 29.0 Å². The number of benzene rings is 2. The van der Waals surface area contributed by atoms with Crippen molar-refractivity contribution in [1.29, 1.82) is 0 Å². The molecule has 8 heteroatoms. The van der Waals surface area contributed by atoms with Crippen LogP contribution in [0.5, 0.6) is 0 Å². The lowest BCUT2D eigenvalue weighted by molar-refractivity contribution is 0.121. The molecule has 4 rings (SSSR count). The molecule has 1 fully saturated rings. The Morgan fingerprint density at radius 3 is 2.54 bits per heavy atom. The van der Waals surface area contributed by atoms with Gasteiger partial charge >= 0.3 is 0 Å². The Labute approximate surface area is 178 Å². The van der Waals surface area contributed by atoms with E-state index in [2.05, 4.69) is 31.8 Å². The van der Waals surface area contributed by atoms with Gasteiger partial charge in [-0.3, -0.25) is 4.57 Å². The predicted octanol–water partition coefficient (Wildman–Crippen LogP) is 4.76. The van der Waals surface area contributed by atoms with Crippen LogP contribution in [0.3, 0.4) is 0 Å². The fourth-order valence-electron chi connectivity index (χ4n) is 3.07. The lowest BCUT2D eigenvalue weighted by atomic mass is 10.2. The summed E-state index contributed by atoms with van der Waals surface area (Å²) in [7, 11) is 0. The molecule has 0 saturated carbocycles. The van der Waals surface area contributed by atoms with E-state index in [1.807, 2.05) is 30.3 Å². The van der Waals surface area contributed by atoms with Crippen LogP contribution in [0.15, 0.2) is 53.7 Å². The van der Waals surface area contributed by atoms with Gasteiger partial charge in [-0.15, -0.1) is 10.2 Å². The van der Waals surface area contributed by atoms with Crippen LogP contribution in [-0.2, 0) is 17.0 Å². The third-order valence-electron chi connectivity index (χ3n) is 4.55. The van der Waals surface area contributed by atoms with Crippen molar-refractivity contribution in [2.75, 3.05) is 31.2 Å². The van der Waals surface area contributed by atoms with E-state index in [4.69, 9.17) is 27.9 Å². The summed E-state index contributed by atoms with van der Waals surface area (Å²) in [6.45, 7) is 3.78. The summed E-state index contributed by atoms with van der Waals surface area (Å²) in [5.74, 6) is 1.59. The van der Waals surface area contributed by atoms with Crippen LogP contribution >= 0.6 is 35.0 Å². The van der Waals surface area contributed by atoms with Gasteiger partial charge in [0.05, 0.1) is 19.8 Å². The second-order valence-electron chi connectivity index (χ2n) is 6.48. The fourth-order valence-corrected chi connectivity index (χ4v) is 4.56. The molecule has 0 bridgehead atoms. The van der Waals surface area contributed by atoms with Gasteiger partial charge in [-0.05, 0) is 23.3 Å². The summed E-state index contributed by atoms with van der Waals surface area (Å²) in [6, 6.07) is 15.9. The van der Waals surface area contributed by atoms with E-state index >= 15 is 0 Å². The van der Waals surface area contributed by atoms with Gasteiger partial charge in [-0.1, -0.05) is 71.4 Å². The van der Waals surface area contributed by atoms with Crippen LogP contribution in [0, 0.1) is 0 Å². The molecule has 0 atom stereocenters. The van der Waals surface area contributed by atoms with Crippen molar-refractivity contribution in [3.63, 3.8) is 0 Å². The number of morpholine rings is 1. The summed E-state index contributed by atoms with van der Waals surface area (Å²) < 4.78 is 7.66. The third-order valence-corrected chi connectivity index (χ3v) is 6.15. The molecule has 5 nitrogen and oxygen atoms in total. The van der Waals surface area contributed by atoms with Gasteiger partial charge in [0.2, 0.25) is 5.95 Å². The average Bonchev–Trinajstić information content (AvgIpc) is 3.11. The molecule has 0 unspecified atom stereocenters. The molecule has 1 aliphatic heterocycles. The number of ether oxygens (including phenoxy) is 1. The van der Waals surface area contributed by atoms with E-state index in [9.17, 15) is 0 Å². The Morgan fingerprint density at radius 2 is 1.79 bits per heavy atom. The first-order valence-corrected chi connectivity index (χ1v) is 10.8. The van der Waals surface area contributed by atoms with Crippen LogP contribution < -0.4 is 4.90 Å². The van der Waals surface area contributed by atoms with Crippen LogP contribution in [-0.4, -0.2) is 41.1 Å². The number of thioether (sulfide) groups is 1. The van der Waals surface area contributed by atoms with Gasteiger partial charge in [-0.25, -0.2) is 0 Å². The van der Waals surface area contributed by atoms with Gasteiger partial charge in [0.1, 0.15) is 0 Å². The van der Waals surface area contributed by atoms with E-state index in [1.54, 1.807) is 17.8 Å². The monoisotopic (exact) mass is 434 g/mol. The minimum Gasteiger partial charge on any atom is -0.378 e. The number of nitrogens with zero attached hydrogens (tertiary/aromatic N) is 4. The van der Waals surface area contributed by atoms with Crippen LogP contribution in [0.2, 0.25) is 10.0 Å². The maximum absolute atomic E-state index is 6.33. The first-order chi connectivity index (χ1) is 13.7. The number of rotatable bonds is 6. The van der Waals surface area contributed by atoms with Crippen molar-refractivity contribution in [3.05, 3.63) is 69.7 Å². The first kappa shape index (κ1) is 19.6. The minimum absolute atomic E-state index is 0.639. The maximum Gasteiger partial charge on any atom is 0.228 e. The predicted molar refractivity (Wildman–Crippen MR) is 115 cm³/mol. The summed E-state index contributed by atoms with van der Waals surface area (Å²) in [5, 5.41) is 11.1. The summed E-state index contributed by atoms with van der Waals surface area (Å²) in [6.07, 6.45) is 0. The molecule has 3 aromatic rings. The highest BCUT2D eigenvalue weighted by Gasteiger charge is 2.21. The number of anilines is 1. The SMILES string of the molecule is Clc1ccc(CSc2nnc(N3CCOCC3)n2Cc2ccccc2)c(Cl)c1. The standard InChI is InChI=1S/C20H20Cl2N4OS/c21-17-7-6-16(18(22)12-17)14-28-20-24-23-19(25-8-10-27-11-9-25)26(20)13-15-4-2-1-3-5-15/h1-7,12H,8-11,13-14H2. The largest absolute Gasteiger partial charge is 0.378 e. The van der Waals surface area contributed by atoms with Crippen LogP contribution in [0.25, 0.3) is 0 Å². The van der Waals surface area contributed by atoms with E-state index in [1.165, 1.54) is 5.56 Å². The number of hydrogen-bond donors (Lipinski definition) is 0. The molecule has 1 aliphatic rings. The van der Waals surface area contributed by atoms with Gasteiger partial charge < -0.3 is 9.64 Å². The van der Waals surface area contributed by atoms with Crippen molar-refractivity contribution in [1.82, 2.24) is 14.8 Å². The molecular formula is C20H20Cl2N4OS. The van der Waals surface area contributed by atoms with Crippen molar-refractivity contribution >= 4 is 40.9 Å². The molecule has 2 heterocycles. The number of aromatic nitrogens is 3. The van der Waals surface area contributed by atoms with E-state index in [0.717, 1.165) is 36.3 Å². The molecule has 0 spiro atoms. The smallest absolute Gasteiger partial charge is 0.228 e. The normalized spacial score (nSPS) is 14.4. The Balaban J connectivity index is 1.59. The molecule has 0 amide bonds. The Morgan fingerprint density at radius 1 is 1.00 bits per heavy atom. The lowest BCUT2D eigenvalue weighted by Gasteiger charge is -2.28. The van der Waals surface area contributed by atoms with E-state index < -0.39 is 0 Å². The molecule has 28 heavy (non-hydrogen) atoms. The quantitative estimate of drug-likeness (QED) is 0.523. The zero-order chi connectivity index (χ0) is 19.3. The molecule has 1 saturated heterocycles. The summed E-state index contributed by atoms with van der Waals surface area (Å²) >= 11 is 14.0. The van der Waals surface area contributed by atoms with E-state index in [-0.39, 0.29) is 0 Å². The lowest BCUT2D eigenvalue weighted by Crippen LogP contribution is -2.38. The molecule has 0 N–H and O–H groups in total.